The number of benzene rings is 2. The molecule has 0 atom stereocenters. The van der Waals surface area contributed by atoms with E-state index < -0.39 is 15.8 Å². The third kappa shape index (κ3) is 3.22. The molecule has 0 amide bonds. The van der Waals surface area contributed by atoms with Crippen LogP contribution in [0.5, 0.6) is 0 Å². The summed E-state index contributed by atoms with van der Waals surface area (Å²) in [6, 6.07) is 12.3. The van der Waals surface area contributed by atoms with Crippen molar-refractivity contribution in [3.63, 3.8) is 0 Å². The van der Waals surface area contributed by atoms with Crippen molar-refractivity contribution in [3.8, 4) is 0 Å². The molecule has 1 N–H and O–H groups in total. The zero-order valence-corrected chi connectivity index (χ0v) is 12.7. The lowest BCUT2D eigenvalue weighted by Crippen LogP contribution is -2.27. The van der Waals surface area contributed by atoms with Crippen molar-refractivity contribution in [1.82, 2.24) is 5.32 Å². The highest BCUT2D eigenvalue weighted by Gasteiger charge is 2.23. The third-order valence-corrected chi connectivity index (χ3v) is 4.94. The summed E-state index contributed by atoms with van der Waals surface area (Å²) in [4.78, 5) is 0.133. The van der Waals surface area contributed by atoms with Crippen LogP contribution in [0.1, 0.15) is 5.56 Å². The fourth-order valence-electron chi connectivity index (χ4n) is 1.98. The molecule has 0 bridgehead atoms. The van der Waals surface area contributed by atoms with E-state index in [2.05, 4.69) is 5.32 Å². The number of nitrogens with zero attached hydrogens (tertiary/aromatic N) is 1. The maximum atomic E-state index is 13.7. The molecule has 2 aromatic carbocycles. The number of sulfonamides is 1. The van der Waals surface area contributed by atoms with Gasteiger partial charge in [-0.3, -0.25) is 4.31 Å². The molecule has 0 aromatic heterocycles. The lowest BCUT2D eigenvalue weighted by atomic mass is 10.2. The summed E-state index contributed by atoms with van der Waals surface area (Å²) >= 11 is 0. The molecular weight excluding hydrogens is 291 g/mol. The Morgan fingerprint density at radius 1 is 1.10 bits per heavy atom. The minimum absolute atomic E-state index is 0.0248. The van der Waals surface area contributed by atoms with Crippen LogP contribution in [-0.2, 0) is 16.6 Å². The molecule has 0 radical (unpaired) electrons. The number of halogens is 1. The average molecular weight is 308 g/mol. The Bertz CT molecular complexity index is 715. The molecule has 0 saturated heterocycles. The molecule has 112 valence electrons. The fraction of sp³-hybridized carbons (Fsp3) is 0.200. The maximum absolute atomic E-state index is 13.7. The third-order valence-electron chi connectivity index (χ3n) is 3.15. The van der Waals surface area contributed by atoms with Gasteiger partial charge in [0.15, 0.2) is 0 Å². The Hall–Kier alpha value is -1.92. The highest BCUT2D eigenvalue weighted by molar-refractivity contribution is 7.92. The van der Waals surface area contributed by atoms with Crippen LogP contribution >= 0.6 is 0 Å². The van der Waals surface area contributed by atoms with E-state index in [0.717, 1.165) is 9.87 Å². The molecule has 0 unspecified atom stereocenters. The Labute approximate surface area is 124 Å². The first-order valence-corrected chi connectivity index (χ1v) is 7.88. The van der Waals surface area contributed by atoms with Gasteiger partial charge in [-0.25, -0.2) is 12.8 Å². The fourth-order valence-corrected chi connectivity index (χ4v) is 3.18. The molecule has 21 heavy (non-hydrogen) atoms. The van der Waals surface area contributed by atoms with Gasteiger partial charge in [0.2, 0.25) is 0 Å². The first kappa shape index (κ1) is 15.5. The summed E-state index contributed by atoms with van der Waals surface area (Å²) in [6.07, 6.45) is 0. The summed E-state index contributed by atoms with van der Waals surface area (Å²) in [5, 5.41) is 2.99. The van der Waals surface area contributed by atoms with E-state index in [1.54, 1.807) is 18.2 Å². The summed E-state index contributed by atoms with van der Waals surface area (Å²) in [5.41, 5.74) is 1.00. The minimum Gasteiger partial charge on any atom is -0.316 e. The number of anilines is 1. The molecule has 6 heteroatoms. The first-order chi connectivity index (χ1) is 9.96. The van der Waals surface area contributed by atoms with Gasteiger partial charge in [0.05, 0.1) is 10.6 Å². The highest BCUT2D eigenvalue weighted by Crippen LogP contribution is 2.24. The molecule has 0 aliphatic rings. The first-order valence-electron chi connectivity index (χ1n) is 6.44. The van der Waals surface area contributed by atoms with Crippen LogP contribution in [0.25, 0.3) is 0 Å². The van der Waals surface area contributed by atoms with Crippen molar-refractivity contribution < 1.29 is 12.8 Å². The number of hydrogen-bond donors (Lipinski definition) is 1. The monoisotopic (exact) mass is 308 g/mol. The number of hydrogen-bond acceptors (Lipinski definition) is 3. The van der Waals surface area contributed by atoms with Gasteiger partial charge in [0, 0.05) is 13.6 Å². The van der Waals surface area contributed by atoms with E-state index in [4.69, 9.17) is 0 Å². The lowest BCUT2D eigenvalue weighted by Gasteiger charge is -2.20. The second kappa shape index (κ2) is 6.24. The van der Waals surface area contributed by atoms with E-state index in [1.807, 2.05) is 7.05 Å². The molecule has 0 aliphatic heterocycles. The topological polar surface area (TPSA) is 49.4 Å². The average Bonchev–Trinajstić information content (AvgIpc) is 2.48. The van der Waals surface area contributed by atoms with Crippen molar-refractivity contribution in [2.24, 2.45) is 0 Å². The molecule has 0 heterocycles. The Morgan fingerprint density at radius 3 is 2.29 bits per heavy atom. The largest absolute Gasteiger partial charge is 0.316 e. The number of rotatable bonds is 5. The minimum atomic E-state index is -3.77. The second-order valence-electron chi connectivity index (χ2n) is 4.60. The van der Waals surface area contributed by atoms with Gasteiger partial charge >= 0.3 is 0 Å². The number of nitrogens with one attached hydrogen (secondary N) is 1. The molecule has 0 saturated carbocycles. The predicted molar refractivity (Wildman–Crippen MR) is 81.2 cm³/mol. The lowest BCUT2D eigenvalue weighted by molar-refractivity contribution is 0.589. The van der Waals surface area contributed by atoms with Crippen LogP contribution in [0, 0.1) is 5.82 Å². The van der Waals surface area contributed by atoms with Gasteiger partial charge in [-0.05, 0) is 36.9 Å². The molecule has 0 aliphatic carbocycles. The number of para-hydroxylation sites is 1. The van der Waals surface area contributed by atoms with Crippen molar-refractivity contribution in [2.75, 3.05) is 18.4 Å². The summed E-state index contributed by atoms with van der Waals surface area (Å²) < 4.78 is 39.7. The SMILES string of the molecule is CNCc1ccc(S(=O)(=O)N(C)c2ccccc2F)cc1. The Balaban J connectivity index is 2.35. The van der Waals surface area contributed by atoms with E-state index >= 15 is 0 Å². The normalized spacial score (nSPS) is 11.4. The Morgan fingerprint density at radius 2 is 1.71 bits per heavy atom. The van der Waals surface area contributed by atoms with Crippen LogP contribution in [0.3, 0.4) is 0 Å². The van der Waals surface area contributed by atoms with Crippen molar-refractivity contribution in [2.45, 2.75) is 11.4 Å². The summed E-state index contributed by atoms with van der Waals surface area (Å²) in [6.45, 7) is 0.656. The summed E-state index contributed by atoms with van der Waals surface area (Å²) in [7, 11) is -0.615. The van der Waals surface area contributed by atoms with Crippen LogP contribution in [0.15, 0.2) is 53.4 Å². The van der Waals surface area contributed by atoms with Gasteiger partial charge < -0.3 is 5.32 Å². The van der Waals surface area contributed by atoms with E-state index in [0.29, 0.717) is 6.54 Å². The zero-order chi connectivity index (χ0) is 15.5. The molecule has 0 spiro atoms. The Kier molecular flexibility index (Phi) is 4.59. The summed E-state index contributed by atoms with van der Waals surface area (Å²) in [5.74, 6) is -0.574. The van der Waals surface area contributed by atoms with Crippen LogP contribution in [0.4, 0.5) is 10.1 Å². The smallest absolute Gasteiger partial charge is 0.264 e. The standard InChI is InChI=1S/C15H17FN2O2S/c1-17-11-12-7-9-13(10-8-12)21(19,20)18(2)15-6-4-3-5-14(15)16/h3-10,17H,11H2,1-2H3. The van der Waals surface area contributed by atoms with Crippen molar-refractivity contribution in [3.05, 3.63) is 59.9 Å². The van der Waals surface area contributed by atoms with Gasteiger partial charge in [0.1, 0.15) is 5.82 Å². The van der Waals surface area contributed by atoms with Gasteiger partial charge in [-0.15, -0.1) is 0 Å². The van der Waals surface area contributed by atoms with Crippen LogP contribution < -0.4 is 9.62 Å². The molecule has 4 nitrogen and oxygen atoms in total. The van der Waals surface area contributed by atoms with Gasteiger partial charge in [-0.1, -0.05) is 24.3 Å². The quantitative estimate of drug-likeness (QED) is 0.922. The molecule has 2 rings (SSSR count). The predicted octanol–water partition coefficient (Wildman–Crippen LogP) is 2.37. The van der Waals surface area contributed by atoms with E-state index in [-0.39, 0.29) is 10.6 Å². The highest BCUT2D eigenvalue weighted by atomic mass is 32.2. The van der Waals surface area contributed by atoms with Gasteiger partial charge in [0.25, 0.3) is 10.0 Å². The van der Waals surface area contributed by atoms with E-state index in [1.165, 1.54) is 37.4 Å². The van der Waals surface area contributed by atoms with Crippen LogP contribution in [-0.4, -0.2) is 22.5 Å². The zero-order valence-electron chi connectivity index (χ0n) is 11.9. The van der Waals surface area contributed by atoms with Crippen molar-refractivity contribution in [1.29, 1.82) is 0 Å². The second-order valence-corrected chi connectivity index (χ2v) is 6.57. The van der Waals surface area contributed by atoms with Crippen LogP contribution in [0.2, 0.25) is 0 Å². The van der Waals surface area contributed by atoms with Crippen molar-refractivity contribution >= 4 is 15.7 Å². The molecule has 0 fully saturated rings. The van der Waals surface area contributed by atoms with E-state index in [9.17, 15) is 12.8 Å². The maximum Gasteiger partial charge on any atom is 0.264 e. The molecule has 2 aromatic rings. The van der Waals surface area contributed by atoms with Gasteiger partial charge in [-0.2, -0.15) is 0 Å². The molecular formula is C15H17FN2O2S.